The van der Waals surface area contributed by atoms with E-state index < -0.39 is 0 Å². The topological polar surface area (TPSA) is 49.9 Å². The Morgan fingerprint density at radius 3 is 2.41 bits per heavy atom. The molecular weight excluding hydrogens is 446 g/mol. The van der Waals surface area contributed by atoms with E-state index in [1.54, 1.807) is 29.7 Å². The SMILES string of the molecule is Oc1ccc(C=Nn2c(-c3ccccc3Br)csc2=NCc2ccccc2)cc1. The second-order valence-electron chi connectivity index (χ2n) is 6.33. The van der Waals surface area contributed by atoms with Gasteiger partial charge in [-0.15, -0.1) is 11.3 Å². The number of phenolic OH excluding ortho intramolecular Hbond substituents is 1. The molecule has 0 radical (unpaired) electrons. The average Bonchev–Trinajstić information content (AvgIpc) is 3.15. The van der Waals surface area contributed by atoms with Crippen LogP contribution in [0.3, 0.4) is 0 Å². The molecule has 0 spiro atoms. The van der Waals surface area contributed by atoms with Gasteiger partial charge in [-0.05, 0) is 41.5 Å². The van der Waals surface area contributed by atoms with Crippen molar-refractivity contribution in [2.24, 2.45) is 10.1 Å². The zero-order valence-electron chi connectivity index (χ0n) is 15.4. The van der Waals surface area contributed by atoms with Crippen molar-refractivity contribution in [1.82, 2.24) is 4.68 Å². The lowest BCUT2D eigenvalue weighted by atomic mass is 10.2. The summed E-state index contributed by atoms with van der Waals surface area (Å²) in [4.78, 5) is 5.61. The van der Waals surface area contributed by atoms with Crippen molar-refractivity contribution in [3.05, 3.63) is 105 Å². The number of halogens is 1. The van der Waals surface area contributed by atoms with Crippen LogP contribution in [0.15, 0.2) is 98.8 Å². The molecule has 4 aromatic rings. The van der Waals surface area contributed by atoms with E-state index in [2.05, 4.69) is 39.5 Å². The highest BCUT2D eigenvalue weighted by molar-refractivity contribution is 9.10. The Morgan fingerprint density at radius 1 is 0.931 bits per heavy atom. The highest BCUT2D eigenvalue weighted by Crippen LogP contribution is 2.28. The highest BCUT2D eigenvalue weighted by atomic mass is 79.9. The van der Waals surface area contributed by atoms with Crippen molar-refractivity contribution in [3.63, 3.8) is 0 Å². The molecule has 0 fully saturated rings. The van der Waals surface area contributed by atoms with Crippen LogP contribution in [-0.2, 0) is 6.54 Å². The minimum absolute atomic E-state index is 0.234. The van der Waals surface area contributed by atoms with Crippen LogP contribution in [0.4, 0.5) is 0 Å². The summed E-state index contributed by atoms with van der Waals surface area (Å²) in [6.07, 6.45) is 1.77. The van der Waals surface area contributed by atoms with Gasteiger partial charge in [-0.25, -0.2) is 4.68 Å². The van der Waals surface area contributed by atoms with Crippen molar-refractivity contribution in [1.29, 1.82) is 0 Å². The Bertz CT molecular complexity index is 1190. The van der Waals surface area contributed by atoms with Crippen molar-refractivity contribution >= 4 is 33.5 Å². The second kappa shape index (κ2) is 9.03. The van der Waals surface area contributed by atoms with Gasteiger partial charge >= 0.3 is 0 Å². The van der Waals surface area contributed by atoms with E-state index in [1.165, 1.54) is 0 Å². The molecule has 4 rings (SSSR count). The van der Waals surface area contributed by atoms with Gasteiger partial charge < -0.3 is 5.11 Å². The zero-order valence-corrected chi connectivity index (χ0v) is 17.8. The van der Waals surface area contributed by atoms with Gasteiger partial charge in [0.2, 0.25) is 4.80 Å². The first kappa shape index (κ1) is 19.4. The van der Waals surface area contributed by atoms with E-state index in [9.17, 15) is 5.11 Å². The summed E-state index contributed by atoms with van der Waals surface area (Å²) >= 11 is 5.20. The Morgan fingerprint density at radius 2 is 1.66 bits per heavy atom. The van der Waals surface area contributed by atoms with Crippen molar-refractivity contribution in [2.45, 2.75) is 6.54 Å². The second-order valence-corrected chi connectivity index (χ2v) is 8.02. The largest absolute Gasteiger partial charge is 0.508 e. The van der Waals surface area contributed by atoms with Crippen LogP contribution in [0.2, 0.25) is 0 Å². The van der Waals surface area contributed by atoms with Crippen molar-refractivity contribution in [3.8, 4) is 17.0 Å². The zero-order chi connectivity index (χ0) is 20.1. The number of rotatable bonds is 5. The van der Waals surface area contributed by atoms with Crippen molar-refractivity contribution < 1.29 is 5.11 Å². The summed E-state index contributed by atoms with van der Waals surface area (Å²) in [5.74, 6) is 0.234. The third-order valence-electron chi connectivity index (χ3n) is 4.29. The maximum atomic E-state index is 9.49. The minimum atomic E-state index is 0.234. The molecule has 1 N–H and O–H groups in total. The monoisotopic (exact) mass is 463 g/mol. The molecule has 0 amide bonds. The number of aromatic hydroxyl groups is 1. The number of aromatic nitrogens is 1. The first-order valence-electron chi connectivity index (χ1n) is 9.04. The van der Waals surface area contributed by atoms with Crippen LogP contribution < -0.4 is 4.80 Å². The normalized spacial score (nSPS) is 12.0. The lowest BCUT2D eigenvalue weighted by Crippen LogP contribution is -2.12. The molecule has 0 aliphatic carbocycles. The molecule has 4 nitrogen and oxygen atoms in total. The molecule has 0 aliphatic heterocycles. The lowest BCUT2D eigenvalue weighted by molar-refractivity contribution is 0.475. The molecule has 1 heterocycles. The molecule has 0 atom stereocenters. The van der Waals surface area contributed by atoms with E-state index in [4.69, 9.17) is 10.1 Å². The number of benzene rings is 3. The summed E-state index contributed by atoms with van der Waals surface area (Å²) in [6.45, 7) is 0.589. The summed E-state index contributed by atoms with van der Waals surface area (Å²) in [5.41, 5.74) is 4.06. The number of thiazole rings is 1. The van der Waals surface area contributed by atoms with Crippen LogP contribution in [0.1, 0.15) is 11.1 Å². The summed E-state index contributed by atoms with van der Waals surface area (Å²) in [7, 11) is 0. The fourth-order valence-electron chi connectivity index (χ4n) is 2.80. The smallest absolute Gasteiger partial charge is 0.206 e. The van der Waals surface area contributed by atoms with Crippen LogP contribution in [0, 0.1) is 0 Å². The van der Waals surface area contributed by atoms with Gasteiger partial charge in [-0.1, -0.05) is 64.5 Å². The van der Waals surface area contributed by atoms with Crippen molar-refractivity contribution in [2.75, 3.05) is 0 Å². The van der Waals surface area contributed by atoms with Gasteiger partial charge in [-0.3, -0.25) is 4.99 Å². The lowest BCUT2D eigenvalue weighted by Gasteiger charge is -2.06. The molecule has 3 aromatic carbocycles. The molecule has 0 aliphatic rings. The van der Waals surface area contributed by atoms with Gasteiger partial charge in [0, 0.05) is 15.4 Å². The standard InChI is InChI=1S/C23H18BrN3OS/c24-21-9-5-4-8-20(21)22-16-29-23(25-14-17-6-2-1-3-7-17)27(22)26-15-18-10-12-19(28)13-11-18/h1-13,15-16,28H,14H2. The van der Waals surface area contributed by atoms with Gasteiger partial charge in [-0.2, -0.15) is 5.10 Å². The van der Waals surface area contributed by atoms with E-state index in [0.717, 1.165) is 31.7 Å². The summed E-state index contributed by atoms with van der Waals surface area (Å²) < 4.78 is 2.86. The number of nitrogens with zero attached hydrogens (tertiary/aromatic N) is 3. The number of hydrogen-bond acceptors (Lipinski definition) is 4. The molecular formula is C23H18BrN3OS. The Labute approximate surface area is 181 Å². The molecule has 0 saturated heterocycles. The Hall–Kier alpha value is -2.96. The van der Waals surface area contributed by atoms with Gasteiger partial charge in [0.15, 0.2) is 0 Å². The third kappa shape index (κ3) is 4.72. The highest BCUT2D eigenvalue weighted by Gasteiger charge is 2.10. The number of hydrogen-bond donors (Lipinski definition) is 1. The van der Waals surface area contributed by atoms with E-state index in [1.807, 2.05) is 53.2 Å². The molecule has 6 heteroatoms. The summed E-state index contributed by atoms with van der Waals surface area (Å²) in [5, 5.41) is 16.3. The maximum Gasteiger partial charge on any atom is 0.206 e. The van der Waals surface area contributed by atoms with Crippen LogP contribution in [0.25, 0.3) is 11.3 Å². The predicted molar refractivity (Wildman–Crippen MR) is 122 cm³/mol. The first-order chi connectivity index (χ1) is 14.2. The van der Waals surface area contributed by atoms with E-state index >= 15 is 0 Å². The first-order valence-corrected chi connectivity index (χ1v) is 10.7. The molecule has 0 saturated carbocycles. The molecule has 0 bridgehead atoms. The maximum absolute atomic E-state index is 9.49. The quantitative estimate of drug-likeness (QED) is 0.381. The number of phenols is 1. The molecule has 1 aromatic heterocycles. The average molecular weight is 464 g/mol. The fraction of sp³-hybridized carbons (Fsp3) is 0.0435. The van der Waals surface area contributed by atoms with E-state index in [-0.39, 0.29) is 5.75 Å². The Balaban J connectivity index is 1.77. The van der Waals surface area contributed by atoms with Crippen LogP contribution in [0.5, 0.6) is 5.75 Å². The van der Waals surface area contributed by atoms with Gasteiger partial charge in [0.1, 0.15) is 5.75 Å². The fourth-order valence-corrected chi connectivity index (χ4v) is 4.12. The predicted octanol–water partition coefficient (Wildman–Crippen LogP) is 5.67. The third-order valence-corrected chi connectivity index (χ3v) is 5.84. The summed E-state index contributed by atoms with van der Waals surface area (Å²) in [6, 6.07) is 25.2. The minimum Gasteiger partial charge on any atom is -0.508 e. The molecule has 29 heavy (non-hydrogen) atoms. The van der Waals surface area contributed by atoms with Crippen LogP contribution in [-0.4, -0.2) is 16.0 Å². The Kier molecular flexibility index (Phi) is 6.03. The van der Waals surface area contributed by atoms with Gasteiger partial charge in [0.05, 0.1) is 18.5 Å². The van der Waals surface area contributed by atoms with E-state index in [0.29, 0.717) is 6.54 Å². The van der Waals surface area contributed by atoms with Crippen LogP contribution >= 0.6 is 27.3 Å². The van der Waals surface area contributed by atoms with Gasteiger partial charge in [0.25, 0.3) is 0 Å². The molecule has 144 valence electrons. The molecule has 0 unspecified atom stereocenters.